The summed E-state index contributed by atoms with van der Waals surface area (Å²) in [5, 5.41) is 10.3. The highest BCUT2D eigenvalue weighted by atomic mass is 19.1. The zero-order valence-corrected chi connectivity index (χ0v) is 19.1. The molecular weight excluding hydrogens is 437 g/mol. The first-order chi connectivity index (χ1) is 16.5. The largest absolute Gasteiger partial charge is 0.508 e. The van der Waals surface area contributed by atoms with Crippen LogP contribution in [0.25, 0.3) is 22.1 Å². The Hall–Kier alpha value is -3.84. The normalized spacial score (nSPS) is 11.2. The van der Waals surface area contributed by atoms with Crippen molar-refractivity contribution < 1.29 is 23.4 Å². The fourth-order valence-electron chi connectivity index (χ4n) is 3.69. The SMILES string of the molecule is CCN(CC)CCOc1ccc(Oc2c(-c3ccc(F)cc3)c(=O)oc3cc(O)ccc23)cc1. The average molecular weight is 464 g/mol. The van der Waals surface area contributed by atoms with Gasteiger partial charge in [-0.25, -0.2) is 9.18 Å². The van der Waals surface area contributed by atoms with Crippen molar-refractivity contribution in [3.8, 4) is 34.1 Å². The van der Waals surface area contributed by atoms with Crippen molar-refractivity contribution in [2.24, 2.45) is 0 Å². The highest BCUT2D eigenvalue weighted by molar-refractivity contribution is 5.91. The van der Waals surface area contributed by atoms with E-state index in [9.17, 15) is 14.3 Å². The Morgan fingerprint density at radius 1 is 0.941 bits per heavy atom. The standard InChI is InChI=1S/C27H26FNO5/c1-3-29(4-2)15-16-32-21-10-12-22(13-11-21)33-26-23-14-9-20(30)17-24(23)34-27(31)25(26)18-5-7-19(28)8-6-18/h5-14,17,30H,3-4,15-16H2,1-2H3. The van der Waals surface area contributed by atoms with Crippen LogP contribution in [0.2, 0.25) is 0 Å². The van der Waals surface area contributed by atoms with E-state index in [2.05, 4.69) is 18.7 Å². The van der Waals surface area contributed by atoms with E-state index in [-0.39, 0.29) is 22.6 Å². The fraction of sp³-hybridized carbons (Fsp3) is 0.222. The fourth-order valence-corrected chi connectivity index (χ4v) is 3.69. The maximum atomic E-state index is 13.5. The van der Waals surface area contributed by atoms with Crippen LogP contribution in [0.3, 0.4) is 0 Å². The Bertz CT molecular complexity index is 1310. The number of fused-ring (bicyclic) bond motifs is 1. The Balaban J connectivity index is 1.66. The molecular formula is C27H26FNO5. The summed E-state index contributed by atoms with van der Waals surface area (Å²) >= 11 is 0. The van der Waals surface area contributed by atoms with Crippen molar-refractivity contribution in [2.45, 2.75) is 13.8 Å². The van der Waals surface area contributed by atoms with Gasteiger partial charge in [0.1, 0.15) is 40.8 Å². The molecule has 0 spiro atoms. The number of rotatable bonds is 9. The maximum absolute atomic E-state index is 13.5. The second-order valence-electron chi connectivity index (χ2n) is 7.73. The van der Waals surface area contributed by atoms with Crippen LogP contribution in [-0.2, 0) is 0 Å². The molecule has 4 rings (SSSR count). The van der Waals surface area contributed by atoms with Gasteiger partial charge in [0, 0.05) is 12.6 Å². The van der Waals surface area contributed by atoms with Gasteiger partial charge in [-0.2, -0.15) is 0 Å². The van der Waals surface area contributed by atoms with Gasteiger partial charge in [-0.05, 0) is 67.2 Å². The van der Waals surface area contributed by atoms with E-state index in [0.29, 0.717) is 29.1 Å². The van der Waals surface area contributed by atoms with Gasteiger partial charge >= 0.3 is 5.63 Å². The van der Waals surface area contributed by atoms with E-state index < -0.39 is 11.4 Å². The van der Waals surface area contributed by atoms with Crippen LogP contribution in [0.15, 0.2) is 75.9 Å². The van der Waals surface area contributed by atoms with E-state index in [4.69, 9.17) is 13.9 Å². The highest BCUT2D eigenvalue weighted by Crippen LogP contribution is 2.38. The summed E-state index contributed by atoms with van der Waals surface area (Å²) in [4.78, 5) is 15.1. The number of hydrogen-bond acceptors (Lipinski definition) is 6. The predicted molar refractivity (Wildman–Crippen MR) is 129 cm³/mol. The molecule has 0 atom stereocenters. The van der Waals surface area contributed by atoms with Gasteiger partial charge in [0.25, 0.3) is 0 Å². The lowest BCUT2D eigenvalue weighted by Gasteiger charge is -2.18. The first-order valence-electron chi connectivity index (χ1n) is 11.2. The molecule has 34 heavy (non-hydrogen) atoms. The van der Waals surface area contributed by atoms with Gasteiger partial charge in [-0.3, -0.25) is 0 Å². The second kappa shape index (κ2) is 10.4. The number of hydrogen-bond donors (Lipinski definition) is 1. The molecule has 0 radical (unpaired) electrons. The van der Waals surface area contributed by atoms with Crippen LogP contribution in [0.5, 0.6) is 23.0 Å². The summed E-state index contributed by atoms with van der Waals surface area (Å²) in [6.07, 6.45) is 0. The van der Waals surface area contributed by atoms with Gasteiger partial charge in [0.15, 0.2) is 5.75 Å². The summed E-state index contributed by atoms with van der Waals surface area (Å²) in [7, 11) is 0. The number of benzene rings is 3. The molecule has 7 heteroatoms. The average Bonchev–Trinajstić information content (AvgIpc) is 2.83. The summed E-state index contributed by atoms with van der Waals surface area (Å²) in [5.41, 5.74) is 0.146. The Morgan fingerprint density at radius 3 is 2.29 bits per heavy atom. The Labute approximate surface area is 196 Å². The number of phenolic OH excluding ortho intramolecular Hbond substituents is 1. The summed E-state index contributed by atoms with van der Waals surface area (Å²) in [6, 6.07) is 17.1. The van der Waals surface area contributed by atoms with E-state index >= 15 is 0 Å². The zero-order valence-electron chi connectivity index (χ0n) is 19.1. The number of nitrogens with zero attached hydrogens (tertiary/aromatic N) is 1. The molecule has 176 valence electrons. The van der Waals surface area contributed by atoms with E-state index in [0.717, 1.165) is 19.6 Å². The minimum Gasteiger partial charge on any atom is -0.508 e. The molecule has 0 saturated carbocycles. The van der Waals surface area contributed by atoms with Gasteiger partial charge < -0.3 is 23.9 Å². The van der Waals surface area contributed by atoms with Gasteiger partial charge in [0.2, 0.25) is 0 Å². The van der Waals surface area contributed by atoms with Crippen LogP contribution in [0, 0.1) is 5.82 Å². The van der Waals surface area contributed by atoms with Gasteiger partial charge in [-0.15, -0.1) is 0 Å². The van der Waals surface area contributed by atoms with Crippen LogP contribution >= 0.6 is 0 Å². The lowest BCUT2D eigenvalue weighted by atomic mass is 10.0. The topological polar surface area (TPSA) is 72.1 Å². The smallest absolute Gasteiger partial charge is 0.348 e. The lowest BCUT2D eigenvalue weighted by Crippen LogP contribution is -2.27. The summed E-state index contributed by atoms with van der Waals surface area (Å²) in [6.45, 7) is 7.59. The Morgan fingerprint density at radius 2 is 1.62 bits per heavy atom. The lowest BCUT2D eigenvalue weighted by molar-refractivity contribution is 0.222. The molecule has 0 fully saturated rings. The van der Waals surface area contributed by atoms with Crippen molar-refractivity contribution in [3.05, 3.63) is 83.0 Å². The van der Waals surface area contributed by atoms with Crippen molar-refractivity contribution in [3.63, 3.8) is 0 Å². The van der Waals surface area contributed by atoms with Crippen molar-refractivity contribution in [1.82, 2.24) is 4.90 Å². The van der Waals surface area contributed by atoms with Crippen molar-refractivity contribution in [2.75, 3.05) is 26.2 Å². The number of aromatic hydroxyl groups is 1. The molecule has 0 bridgehead atoms. The third kappa shape index (κ3) is 5.21. The molecule has 0 unspecified atom stereocenters. The van der Waals surface area contributed by atoms with E-state index in [1.807, 2.05) is 0 Å². The summed E-state index contributed by atoms with van der Waals surface area (Å²) in [5.74, 6) is 0.994. The molecule has 3 aromatic carbocycles. The molecule has 0 aliphatic rings. The third-order valence-corrected chi connectivity index (χ3v) is 5.59. The van der Waals surface area contributed by atoms with Gasteiger partial charge in [-0.1, -0.05) is 26.0 Å². The molecule has 6 nitrogen and oxygen atoms in total. The third-order valence-electron chi connectivity index (χ3n) is 5.59. The molecule has 0 aliphatic carbocycles. The minimum absolute atomic E-state index is 0.0395. The first kappa shape index (κ1) is 23.3. The van der Waals surface area contributed by atoms with Crippen LogP contribution < -0.4 is 15.1 Å². The van der Waals surface area contributed by atoms with E-state index in [1.54, 1.807) is 30.3 Å². The number of ether oxygens (including phenoxy) is 2. The number of likely N-dealkylation sites (N-methyl/N-ethyl adjacent to an activating group) is 1. The highest BCUT2D eigenvalue weighted by Gasteiger charge is 2.19. The molecule has 4 aromatic rings. The maximum Gasteiger partial charge on any atom is 0.348 e. The van der Waals surface area contributed by atoms with E-state index in [1.165, 1.54) is 36.4 Å². The summed E-state index contributed by atoms with van der Waals surface area (Å²) < 4.78 is 30.9. The molecule has 0 aliphatic heterocycles. The molecule has 1 aromatic heterocycles. The van der Waals surface area contributed by atoms with Crippen molar-refractivity contribution in [1.29, 1.82) is 0 Å². The van der Waals surface area contributed by atoms with Crippen LogP contribution in [-0.4, -0.2) is 36.2 Å². The minimum atomic E-state index is -0.656. The van der Waals surface area contributed by atoms with Crippen LogP contribution in [0.1, 0.15) is 13.8 Å². The first-order valence-corrected chi connectivity index (χ1v) is 11.2. The monoisotopic (exact) mass is 463 g/mol. The Kier molecular flexibility index (Phi) is 7.13. The zero-order chi connectivity index (χ0) is 24.1. The molecule has 1 N–H and O–H groups in total. The number of phenols is 1. The van der Waals surface area contributed by atoms with Gasteiger partial charge in [0.05, 0.1) is 5.39 Å². The number of halogens is 1. The predicted octanol–water partition coefficient (Wildman–Crippen LogP) is 5.82. The molecule has 1 heterocycles. The van der Waals surface area contributed by atoms with Crippen LogP contribution in [0.4, 0.5) is 4.39 Å². The molecule has 0 saturated heterocycles. The molecule has 0 amide bonds. The van der Waals surface area contributed by atoms with Crippen molar-refractivity contribution >= 4 is 11.0 Å². The quantitative estimate of drug-likeness (QED) is 0.316. The second-order valence-corrected chi connectivity index (χ2v) is 7.73.